The van der Waals surface area contributed by atoms with Crippen molar-refractivity contribution in [3.8, 4) is 0 Å². The summed E-state index contributed by atoms with van der Waals surface area (Å²) in [6, 6.07) is 13.5. The summed E-state index contributed by atoms with van der Waals surface area (Å²) in [6.07, 6.45) is 0. The molecule has 1 unspecified atom stereocenters. The standard InChI is InChI=1S/C18H16ClN3O2S/c19-12-5-6-16-14(9-12)22(13-3-1-2-4-15(13)25-16)18(24)11-21-8-7-20-17(23)10-21/h1-6,9H,7-8,10-11H2,(H,20,23)/p+1. The molecule has 1 fully saturated rings. The van der Waals surface area contributed by atoms with Gasteiger partial charge in [-0.25, -0.2) is 0 Å². The third-order valence-electron chi connectivity index (χ3n) is 4.35. The van der Waals surface area contributed by atoms with E-state index >= 15 is 0 Å². The van der Waals surface area contributed by atoms with Crippen LogP contribution in [0, 0.1) is 0 Å². The molecule has 0 spiro atoms. The van der Waals surface area contributed by atoms with Crippen LogP contribution >= 0.6 is 23.4 Å². The molecule has 5 nitrogen and oxygen atoms in total. The van der Waals surface area contributed by atoms with Crippen molar-refractivity contribution in [3.63, 3.8) is 0 Å². The third kappa shape index (κ3) is 3.25. The average Bonchev–Trinajstić information content (AvgIpc) is 2.59. The Labute approximate surface area is 154 Å². The van der Waals surface area contributed by atoms with Gasteiger partial charge in [0.05, 0.1) is 24.5 Å². The van der Waals surface area contributed by atoms with E-state index in [1.807, 2.05) is 42.5 Å². The number of anilines is 2. The molecule has 4 rings (SSSR count). The maximum Gasteiger partial charge on any atom is 0.286 e. The van der Waals surface area contributed by atoms with Crippen molar-refractivity contribution in [2.45, 2.75) is 9.79 Å². The number of nitrogens with one attached hydrogen (secondary N) is 2. The summed E-state index contributed by atoms with van der Waals surface area (Å²) in [5, 5.41) is 3.40. The van der Waals surface area contributed by atoms with Gasteiger partial charge in [0.2, 0.25) is 0 Å². The molecule has 2 amide bonds. The highest BCUT2D eigenvalue weighted by Crippen LogP contribution is 2.48. The van der Waals surface area contributed by atoms with Gasteiger partial charge in [0.15, 0.2) is 13.1 Å². The number of hydrogen-bond acceptors (Lipinski definition) is 3. The molecule has 0 radical (unpaired) electrons. The Morgan fingerprint density at radius 3 is 2.84 bits per heavy atom. The van der Waals surface area contributed by atoms with Gasteiger partial charge in [-0.3, -0.25) is 14.5 Å². The number of amides is 2. The number of halogens is 1. The molecule has 128 valence electrons. The Hall–Kier alpha value is -2.02. The molecule has 2 aliphatic heterocycles. The van der Waals surface area contributed by atoms with Crippen LogP contribution in [0.15, 0.2) is 52.3 Å². The zero-order chi connectivity index (χ0) is 17.4. The molecule has 2 heterocycles. The highest BCUT2D eigenvalue weighted by atomic mass is 35.5. The lowest BCUT2D eigenvalue weighted by atomic mass is 10.2. The second kappa shape index (κ2) is 6.71. The van der Waals surface area contributed by atoms with E-state index in [4.69, 9.17) is 11.6 Å². The number of benzene rings is 2. The number of nitrogens with zero attached hydrogens (tertiary/aromatic N) is 1. The maximum atomic E-state index is 13.1. The van der Waals surface area contributed by atoms with Crippen LogP contribution in [-0.2, 0) is 9.59 Å². The number of carbonyl (C=O) groups is 2. The van der Waals surface area contributed by atoms with Crippen molar-refractivity contribution in [1.82, 2.24) is 5.32 Å². The monoisotopic (exact) mass is 374 g/mol. The molecular formula is C18H17ClN3O2S+. The van der Waals surface area contributed by atoms with E-state index in [9.17, 15) is 9.59 Å². The number of fused-ring (bicyclic) bond motifs is 2. The van der Waals surface area contributed by atoms with Crippen LogP contribution in [-0.4, -0.2) is 38.0 Å². The van der Waals surface area contributed by atoms with Gasteiger partial charge in [-0.15, -0.1) is 0 Å². The van der Waals surface area contributed by atoms with Gasteiger partial charge in [0.1, 0.15) is 0 Å². The Morgan fingerprint density at radius 1 is 1.20 bits per heavy atom. The summed E-state index contributed by atoms with van der Waals surface area (Å²) in [7, 11) is 0. The Morgan fingerprint density at radius 2 is 2.00 bits per heavy atom. The van der Waals surface area contributed by atoms with Gasteiger partial charge >= 0.3 is 0 Å². The SMILES string of the molecule is O=C1C[NH+](CC(=O)N2c3ccccc3Sc3ccc(Cl)cc32)CCN1. The highest BCUT2D eigenvalue weighted by molar-refractivity contribution is 7.99. The third-order valence-corrected chi connectivity index (χ3v) is 5.72. The van der Waals surface area contributed by atoms with Crippen LogP contribution in [0.1, 0.15) is 0 Å². The van der Waals surface area contributed by atoms with E-state index in [1.54, 1.807) is 16.7 Å². The van der Waals surface area contributed by atoms with Gasteiger partial charge in [0.25, 0.3) is 11.8 Å². The molecule has 1 saturated heterocycles. The zero-order valence-electron chi connectivity index (χ0n) is 13.4. The number of rotatable bonds is 2. The lowest BCUT2D eigenvalue weighted by Crippen LogP contribution is -3.16. The molecule has 25 heavy (non-hydrogen) atoms. The summed E-state index contributed by atoms with van der Waals surface area (Å²) >= 11 is 7.81. The molecule has 2 aromatic carbocycles. The van der Waals surface area contributed by atoms with Gasteiger partial charge in [0, 0.05) is 14.8 Å². The highest BCUT2D eigenvalue weighted by Gasteiger charge is 2.31. The number of piperazine rings is 1. The molecule has 2 N–H and O–H groups in total. The first-order chi connectivity index (χ1) is 12.1. The first-order valence-electron chi connectivity index (χ1n) is 8.11. The quantitative estimate of drug-likeness (QED) is 0.837. The lowest BCUT2D eigenvalue weighted by Gasteiger charge is -2.32. The van der Waals surface area contributed by atoms with E-state index in [0.29, 0.717) is 18.1 Å². The summed E-state index contributed by atoms with van der Waals surface area (Å²) < 4.78 is 0. The average molecular weight is 375 g/mol. The van der Waals surface area contributed by atoms with Gasteiger partial charge in [-0.2, -0.15) is 0 Å². The van der Waals surface area contributed by atoms with Crippen molar-refractivity contribution in [2.24, 2.45) is 0 Å². The smallest absolute Gasteiger partial charge is 0.286 e. The van der Waals surface area contributed by atoms with E-state index in [-0.39, 0.29) is 18.4 Å². The Balaban J connectivity index is 1.69. The Bertz CT molecular complexity index is 858. The van der Waals surface area contributed by atoms with Gasteiger partial charge in [-0.1, -0.05) is 35.5 Å². The van der Waals surface area contributed by atoms with Crippen LogP contribution in [0.5, 0.6) is 0 Å². The molecular weight excluding hydrogens is 358 g/mol. The van der Waals surface area contributed by atoms with E-state index in [2.05, 4.69) is 5.32 Å². The molecule has 1 atom stereocenters. The maximum absolute atomic E-state index is 13.1. The number of carbonyl (C=O) groups excluding carboxylic acids is 2. The van der Waals surface area contributed by atoms with Crippen LogP contribution in [0.2, 0.25) is 5.02 Å². The molecule has 2 aromatic rings. The number of quaternary nitrogens is 1. The van der Waals surface area contributed by atoms with Crippen molar-refractivity contribution in [3.05, 3.63) is 47.5 Å². The Kier molecular flexibility index (Phi) is 4.41. The van der Waals surface area contributed by atoms with Crippen LogP contribution in [0.4, 0.5) is 11.4 Å². The van der Waals surface area contributed by atoms with Crippen molar-refractivity contribution >= 4 is 46.6 Å². The minimum atomic E-state index is -0.0269. The first-order valence-corrected chi connectivity index (χ1v) is 9.31. The molecule has 0 saturated carbocycles. The van der Waals surface area contributed by atoms with E-state index in [1.165, 1.54) is 0 Å². The first kappa shape index (κ1) is 16.4. The van der Waals surface area contributed by atoms with E-state index in [0.717, 1.165) is 32.6 Å². The zero-order valence-corrected chi connectivity index (χ0v) is 15.0. The summed E-state index contributed by atoms with van der Waals surface area (Å²) in [5.41, 5.74) is 1.68. The summed E-state index contributed by atoms with van der Waals surface area (Å²) in [4.78, 5) is 29.5. The molecule has 2 aliphatic rings. The predicted molar refractivity (Wildman–Crippen MR) is 97.7 cm³/mol. The fourth-order valence-electron chi connectivity index (χ4n) is 3.20. The minimum Gasteiger partial charge on any atom is -0.346 e. The molecule has 0 bridgehead atoms. The number of para-hydroxylation sites is 1. The normalized spacial score (nSPS) is 19.0. The second-order valence-corrected chi connectivity index (χ2v) is 7.63. The van der Waals surface area contributed by atoms with Crippen molar-refractivity contribution < 1.29 is 14.5 Å². The van der Waals surface area contributed by atoms with Gasteiger partial charge in [-0.05, 0) is 30.3 Å². The fraction of sp³-hybridized carbons (Fsp3) is 0.222. The fourth-order valence-corrected chi connectivity index (χ4v) is 4.40. The minimum absolute atomic E-state index is 0.00732. The van der Waals surface area contributed by atoms with Crippen molar-refractivity contribution in [1.29, 1.82) is 0 Å². The van der Waals surface area contributed by atoms with Crippen LogP contribution in [0.25, 0.3) is 0 Å². The van der Waals surface area contributed by atoms with Gasteiger partial charge < -0.3 is 10.2 Å². The second-order valence-electron chi connectivity index (χ2n) is 6.11. The largest absolute Gasteiger partial charge is 0.346 e. The van der Waals surface area contributed by atoms with Crippen LogP contribution < -0.4 is 15.1 Å². The number of hydrogen-bond donors (Lipinski definition) is 2. The summed E-state index contributed by atoms with van der Waals surface area (Å²) in [6.45, 7) is 1.97. The van der Waals surface area contributed by atoms with Crippen LogP contribution in [0.3, 0.4) is 0 Å². The topological polar surface area (TPSA) is 53.9 Å². The lowest BCUT2D eigenvalue weighted by molar-refractivity contribution is -0.885. The predicted octanol–water partition coefficient (Wildman–Crippen LogP) is 1.48. The molecule has 0 aromatic heterocycles. The summed E-state index contributed by atoms with van der Waals surface area (Å²) in [5.74, 6) is -0.0342. The molecule has 7 heteroatoms. The van der Waals surface area contributed by atoms with E-state index < -0.39 is 0 Å². The molecule has 0 aliphatic carbocycles. The van der Waals surface area contributed by atoms with Crippen molar-refractivity contribution in [2.75, 3.05) is 31.1 Å².